The topological polar surface area (TPSA) is 80.3 Å². The number of halogens is 1. The Balaban J connectivity index is 2.34. The van der Waals surface area contributed by atoms with Crippen LogP contribution in [0.3, 0.4) is 0 Å². The highest BCUT2D eigenvalue weighted by Gasteiger charge is 2.25. The molecule has 21 heavy (non-hydrogen) atoms. The standard InChI is InChI=1S/C13H18FNO4S2/c1-20(16,17)11-7-8-12(14)13(9-11)21(18,19)15-10-5-3-2-4-6-10/h7-10,15H,2-6H2,1H3. The van der Waals surface area contributed by atoms with Crippen LogP contribution in [0.2, 0.25) is 0 Å². The van der Waals surface area contributed by atoms with Crippen molar-refractivity contribution in [2.24, 2.45) is 0 Å². The van der Waals surface area contributed by atoms with Gasteiger partial charge in [-0.3, -0.25) is 0 Å². The highest BCUT2D eigenvalue weighted by atomic mass is 32.2. The van der Waals surface area contributed by atoms with Gasteiger partial charge in [0.15, 0.2) is 9.84 Å². The fourth-order valence-corrected chi connectivity index (χ4v) is 4.55. The van der Waals surface area contributed by atoms with Gasteiger partial charge in [0.25, 0.3) is 0 Å². The van der Waals surface area contributed by atoms with Gasteiger partial charge in [-0.15, -0.1) is 0 Å². The predicted molar refractivity (Wildman–Crippen MR) is 76.7 cm³/mol. The molecule has 1 fully saturated rings. The van der Waals surface area contributed by atoms with E-state index in [4.69, 9.17) is 0 Å². The lowest BCUT2D eigenvalue weighted by Gasteiger charge is -2.22. The Hall–Kier alpha value is -0.990. The Bertz CT molecular complexity index is 723. The van der Waals surface area contributed by atoms with Crippen molar-refractivity contribution in [3.63, 3.8) is 0 Å². The molecule has 0 unspecified atom stereocenters. The fourth-order valence-electron chi connectivity index (χ4n) is 2.42. The van der Waals surface area contributed by atoms with Gasteiger partial charge in [-0.05, 0) is 31.0 Å². The van der Waals surface area contributed by atoms with E-state index >= 15 is 0 Å². The maximum atomic E-state index is 13.8. The molecule has 0 spiro atoms. The SMILES string of the molecule is CS(=O)(=O)c1ccc(F)c(S(=O)(=O)NC2CCCCC2)c1. The molecule has 0 heterocycles. The Morgan fingerprint density at radius 2 is 1.71 bits per heavy atom. The van der Waals surface area contributed by atoms with Gasteiger partial charge < -0.3 is 0 Å². The molecule has 0 atom stereocenters. The lowest BCUT2D eigenvalue weighted by Crippen LogP contribution is -2.36. The Labute approximate surface area is 124 Å². The van der Waals surface area contributed by atoms with E-state index in [9.17, 15) is 21.2 Å². The summed E-state index contributed by atoms with van der Waals surface area (Å²) in [6.45, 7) is 0. The number of rotatable bonds is 4. The second-order valence-electron chi connectivity index (χ2n) is 5.32. The maximum absolute atomic E-state index is 13.8. The third-order valence-corrected chi connectivity index (χ3v) is 6.19. The molecule has 5 nitrogen and oxygen atoms in total. The smallest absolute Gasteiger partial charge is 0.224 e. The predicted octanol–water partition coefficient (Wildman–Crippen LogP) is 1.84. The van der Waals surface area contributed by atoms with E-state index in [2.05, 4.69) is 4.72 Å². The van der Waals surface area contributed by atoms with Crippen molar-refractivity contribution < 1.29 is 21.2 Å². The van der Waals surface area contributed by atoms with E-state index in [1.807, 2.05) is 0 Å². The molecule has 2 rings (SSSR count). The summed E-state index contributed by atoms with van der Waals surface area (Å²) in [5.74, 6) is -0.953. The molecule has 0 aliphatic heterocycles. The van der Waals surface area contributed by atoms with Crippen molar-refractivity contribution in [3.05, 3.63) is 24.0 Å². The van der Waals surface area contributed by atoms with E-state index in [0.717, 1.165) is 43.7 Å². The van der Waals surface area contributed by atoms with Crippen molar-refractivity contribution in [3.8, 4) is 0 Å². The first kappa shape index (κ1) is 16.4. The van der Waals surface area contributed by atoms with E-state index < -0.39 is 30.6 Å². The van der Waals surface area contributed by atoms with Crippen LogP contribution in [0.1, 0.15) is 32.1 Å². The average molecular weight is 335 g/mol. The van der Waals surface area contributed by atoms with Crippen molar-refractivity contribution in [1.82, 2.24) is 4.72 Å². The second kappa shape index (κ2) is 6.02. The van der Waals surface area contributed by atoms with Gasteiger partial charge in [-0.2, -0.15) is 0 Å². The van der Waals surface area contributed by atoms with E-state index in [0.29, 0.717) is 12.8 Å². The van der Waals surface area contributed by atoms with Gasteiger partial charge in [-0.25, -0.2) is 25.9 Å². The molecule has 8 heteroatoms. The van der Waals surface area contributed by atoms with Crippen LogP contribution in [-0.4, -0.2) is 29.1 Å². The molecule has 1 aliphatic carbocycles. The van der Waals surface area contributed by atoms with Crippen molar-refractivity contribution in [1.29, 1.82) is 0 Å². The maximum Gasteiger partial charge on any atom is 0.243 e. The summed E-state index contributed by atoms with van der Waals surface area (Å²) < 4.78 is 63.7. The third kappa shape index (κ3) is 4.02. The zero-order valence-corrected chi connectivity index (χ0v) is 13.3. The number of hydrogen-bond donors (Lipinski definition) is 1. The average Bonchev–Trinajstić information content (AvgIpc) is 2.38. The molecule has 0 aromatic heterocycles. The van der Waals surface area contributed by atoms with E-state index in [1.165, 1.54) is 0 Å². The minimum atomic E-state index is -4.06. The quantitative estimate of drug-likeness (QED) is 0.852. The van der Waals surface area contributed by atoms with E-state index in [-0.39, 0.29) is 10.9 Å². The molecule has 0 bridgehead atoms. The summed E-state index contributed by atoms with van der Waals surface area (Å²) in [4.78, 5) is -0.830. The third-order valence-electron chi connectivity index (χ3n) is 3.55. The molecule has 118 valence electrons. The number of nitrogens with one attached hydrogen (secondary N) is 1. The summed E-state index contributed by atoms with van der Waals surface area (Å²) >= 11 is 0. The van der Waals surface area contributed by atoms with Crippen LogP contribution in [0.15, 0.2) is 28.0 Å². The van der Waals surface area contributed by atoms with Crippen LogP contribution < -0.4 is 4.72 Å². The normalized spacial score (nSPS) is 17.8. The molecule has 1 aromatic carbocycles. The van der Waals surface area contributed by atoms with Gasteiger partial charge in [0.2, 0.25) is 10.0 Å². The van der Waals surface area contributed by atoms with Gasteiger partial charge in [0.05, 0.1) is 4.90 Å². The monoisotopic (exact) mass is 335 g/mol. The van der Waals surface area contributed by atoms with Crippen LogP contribution in [0.5, 0.6) is 0 Å². The van der Waals surface area contributed by atoms with Crippen LogP contribution in [0, 0.1) is 5.82 Å². The Morgan fingerprint density at radius 3 is 2.29 bits per heavy atom. The lowest BCUT2D eigenvalue weighted by molar-refractivity contribution is 0.411. The number of sulfone groups is 1. The zero-order valence-electron chi connectivity index (χ0n) is 11.7. The molecule has 1 N–H and O–H groups in total. The van der Waals surface area contributed by atoms with Gasteiger partial charge in [0.1, 0.15) is 10.7 Å². The van der Waals surface area contributed by atoms with Crippen LogP contribution in [0.25, 0.3) is 0 Å². The number of hydrogen-bond acceptors (Lipinski definition) is 4. The first-order chi connectivity index (χ1) is 9.70. The minimum Gasteiger partial charge on any atom is -0.224 e. The highest BCUT2D eigenvalue weighted by Crippen LogP contribution is 2.23. The van der Waals surface area contributed by atoms with Crippen molar-refractivity contribution >= 4 is 19.9 Å². The van der Waals surface area contributed by atoms with Gasteiger partial charge in [0, 0.05) is 12.3 Å². The highest BCUT2D eigenvalue weighted by molar-refractivity contribution is 7.91. The summed E-state index contributed by atoms with van der Waals surface area (Å²) in [6, 6.07) is 2.58. The molecule has 0 amide bonds. The van der Waals surface area contributed by atoms with Crippen molar-refractivity contribution in [2.75, 3.05) is 6.26 Å². The first-order valence-electron chi connectivity index (χ1n) is 6.72. The summed E-state index contributed by atoms with van der Waals surface area (Å²) in [5, 5.41) is 0. The van der Waals surface area contributed by atoms with Crippen LogP contribution in [-0.2, 0) is 19.9 Å². The summed E-state index contributed by atoms with van der Waals surface area (Å²) in [5.41, 5.74) is 0. The summed E-state index contributed by atoms with van der Waals surface area (Å²) in [6.07, 6.45) is 5.30. The largest absolute Gasteiger partial charge is 0.243 e. The van der Waals surface area contributed by atoms with E-state index in [1.54, 1.807) is 0 Å². The molecule has 1 aliphatic rings. The second-order valence-corrected chi connectivity index (χ2v) is 9.02. The first-order valence-corrected chi connectivity index (χ1v) is 10.1. The number of sulfonamides is 1. The van der Waals surface area contributed by atoms with Crippen molar-refractivity contribution in [2.45, 2.75) is 47.9 Å². The van der Waals surface area contributed by atoms with Crippen LogP contribution in [0.4, 0.5) is 4.39 Å². The zero-order chi connectivity index (χ0) is 15.7. The molecular weight excluding hydrogens is 317 g/mol. The fraction of sp³-hybridized carbons (Fsp3) is 0.538. The van der Waals surface area contributed by atoms with Gasteiger partial charge >= 0.3 is 0 Å². The Kier molecular flexibility index (Phi) is 4.69. The molecule has 0 saturated heterocycles. The molecule has 1 saturated carbocycles. The summed E-state index contributed by atoms with van der Waals surface area (Å²) in [7, 11) is -7.66. The lowest BCUT2D eigenvalue weighted by atomic mass is 9.96. The Morgan fingerprint density at radius 1 is 1.10 bits per heavy atom. The number of benzene rings is 1. The van der Waals surface area contributed by atoms with Gasteiger partial charge in [-0.1, -0.05) is 19.3 Å². The van der Waals surface area contributed by atoms with Crippen LogP contribution >= 0.6 is 0 Å². The molecule has 1 aromatic rings. The molecular formula is C13H18FNO4S2. The minimum absolute atomic E-state index is 0.215. The molecule has 0 radical (unpaired) electrons.